The first-order valence-electron chi connectivity index (χ1n) is 8.13. The number of nitrogens with zero attached hydrogens (tertiary/aromatic N) is 3. The Bertz CT molecular complexity index is 1030. The fourth-order valence-corrected chi connectivity index (χ4v) is 4.00. The molecule has 0 atom stereocenters. The maximum absolute atomic E-state index is 12.9. The fourth-order valence-electron chi connectivity index (χ4n) is 2.86. The van der Waals surface area contributed by atoms with Gasteiger partial charge in [-0.2, -0.15) is 5.26 Å². The number of anilines is 1. The highest BCUT2D eigenvalue weighted by molar-refractivity contribution is 7.14. The number of ether oxygens (including phenoxy) is 1. The third-order valence-corrected chi connectivity index (χ3v) is 5.06. The number of amides is 1. The number of nitriles is 1. The molecule has 0 saturated carbocycles. The second kappa shape index (κ2) is 6.46. The van der Waals surface area contributed by atoms with Crippen LogP contribution in [0.25, 0.3) is 5.65 Å². The van der Waals surface area contributed by atoms with Crippen molar-refractivity contribution < 1.29 is 9.53 Å². The van der Waals surface area contributed by atoms with Crippen LogP contribution in [0.1, 0.15) is 48.1 Å². The summed E-state index contributed by atoms with van der Waals surface area (Å²) in [6, 6.07) is 5.82. The van der Waals surface area contributed by atoms with Gasteiger partial charge in [0.2, 0.25) is 0 Å². The van der Waals surface area contributed by atoms with Crippen LogP contribution in [-0.4, -0.2) is 22.4 Å². The van der Waals surface area contributed by atoms with Gasteiger partial charge in [-0.3, -0.25) is 9.20 Å². The number of thiophene rings is 1. The summed E-state index contributed by atoms with van der Waals surface area (Å²) in [7, 11) is 1.57. The van der Waals surface area contributed by atoms with Crippen molar-refractivity contribution in [3.05, 3.63) is 46.2 Å². The molecule has 0 aromatic carbocycles. The van der Waals surface area contributed by atoms with Crippen molar-refractivity contribution in [2.75, 3.05) is 12.4 Å². The van der Waals surface area contributed by atoms with Crippen molar-refractivity contribution in [1.29, 1.82) is 5.26 Å². The minimum atomic E-state index is -0.304. The van der Waals surface area contributed by atoms with E-state index in [0.29, 0.717) is 33.3 Å². The molecule has 0 bridgehead atoms. The van der Waals surface area contributed by atoms with Gasteiger partial charge in [0.15, 0.2) is 11.4 Å². The lowest BCUT2D eigenvalue weighted by molar-refractivity contribution is 0.102. The molecule has 1 amide bonds. The second-order valence-corrected chi connectivity index (χ2v) is 7.87. The van der Waals surface area contributed by atoms with Crippen LogP contribution in [0.5, 0.6) is 5.75 Å². The monoisotopic (exact) mass is 368 g/mol. The highest BCUT2D eigenvalue weighted by atomic mass is 32.1. The van der Waals surface area contributed by atoms with Crippen molar-refractivity contribution in [1.82, 2.24) is 9.38 Å². The summed E-state index contributed by atoms with van der Waals surface area (Å²) in [6.07, 6.45) is 1.77. The van der Waals surface area contributed by atoms with E-state index in [2.05, 4.69) is 16.4 Å². The molecule has 6 nitrogen and oxygen atoms in total. The minimum Gasteiger partial charge on any atom is -0.493 e. The maximum Gasteiger partial charge on any atom is 0.275 e. The Morgan fingerprint density at radius 2 is 2.15 bits per heavy atom. The highest BCUT2D eigenvalue weighted by Gasteiger charge is 2.25. The molecule has 3 rings (SSSR count). The third-order valence-electron chi connectivity index (χ3n) is 4.16. The Balaban J connectivity index is 2.03. The quantitative estimate of drug-likeness (QED) is 0.754. The van der Waals surface area contributed by atoms with E-state index in [9.17, 15) is 10.1 Å². The predicted octanol–water partition coefficient (Wildman–Crippen LogP) is 4.13. The number of aromatic nitrogens is 2. The number of hydrogen-bond donors (Lipinski definition) is 1. The molecule has 3 aromatic rings. The number of hydrogen-bond acceptors (Lipinski definition) is 5. The maximum atomic E-state index is 12.9. The molecule has 0 aliphatic heterocycles. The van der Waals surface area contributed by atoms with E-state index in [0.717, 1.165) is 5.56 Å². The lowest BCUT2D eigenvalue weighted by atomic mass is 9.86. The van der Waals surface area contributed by atoms with E-state index in [4.69, 9.17) is 4.74 Å². The van der Waals surface area contributed by atoms with Crippen LogP contribution in [0.2, 0.25) is 0 Å². The van der Waals surface area contributed by atoms with Gasteiger partial charge < -0.3 is 10.1 Å². The lowest BCUT2D eigenvalue weighted by Gasteiger charge is -2.17. The average molecular weight is 368 g/mol. The van der Waals surface area contributed by atoms with Gasteiger partial charge in [-0.15, -0.1) is 11.3 Å². The van der Waals surface area contributed by atoms with Gasteiger partial charge in [0, 0.05) is 6.20 Å². The van der Waals surface area contributed by atoms with Gasteiger partial charge >= 0.3 is 0 Å². The van der Waals surface area contributed by atoms with Gasteiger partial charge in [-0.25, -0.2) is 4.98 Å². The zero-order valence-electron chi connectivity index (χ0n) is 15.4. The van der Waals surface area contributed by atoms with Gasteiger partial charge in [-0.1, -0.05) is 20.8 Å². The smallest absolute Gasteiger partial charge is 0.275 e. The molecule has 0 fully saturated rings. The van der Waals surface area contributed by atoms with Crippen LogP contribution in [0, 0.1) is 18.3 Å². The van der Waals surface area contributed by atoms with Crippen molar-refractivity contribution >= 4 is 27.9 Å². The summed E-state index contributed by atoms with van der Waals surface area (Å²) in [6.45, 7) is 7.91. The Labute approximate surface area is 156 Å². The van der Waals surface area contributed by atoms with E-state index >= 15 is 0 Å². The summed E-state index contributed by atoms with van der Waals surface area (Å²) in [5.74, 6) is 0.292. The zero-order chi connectivity index (χ0) is 19.1. The minimum absolute atomic E-state index is 0.170. The highest BCUT2D eigenvalue weighted by Crippen LogP contribution is 2.36. The van der Waals surface area contributed by atoms with Gasteiger partial charge in [0.25, 0.3) is 5.91 Å². The number of carbonyl (C=O) groups is 1. The van der Waals surface area contributed by atoms with E-state index in [1.165, 1.54) is 11.3 Å². The first-order valence-corrected chi connectivity index (χ1v) is 9.01. The van der Waals surface area contributed by atoms with Crippen molar-refractivity contribution in [2.45, 2.75) is 33.1 Å². The molecule has 26 heavy (non-hydrogen) atoms. The first-order chi connectivity index (χ1) is 12.3. The number of fused-ring (bicyclic) bond motifs is 1. The first kappa shape index (κ1) is 18.0. The van der Waals surface area contributed by atoms with E-state index in [1.807, 2.05) is 26.2 Å². The molecule has 0 spiro atoms. The van der Waals surface area contributed by atoms with Crippen molar-refractivity contribution in [3.63, 3.8) is 0 Å². The second-order valence-electron chi connectivity index (χ2n) is 6.99. The van der Waals surface area contributed by atoms with Gasteiger partial charge in [0.1, 0.15) is 16.8 Å². The number of pyridine rings is 1. The molecule has 1 N–H and O–H groups in total. The molecule has 3 aromatic heterocycles. The summed E-state index contributed by atoms with van der Waals surface area (Å²) in [5, 5.41) is 14.9. The largest absolute Gasteiger partial charge is 0.493 e. The number of imidazole rings is 1. The molecule has 0 unspecified atom stereocenters. The number of nitrogens with one attached hydrogen (secondary N) is 1. The lowest BCUT2D eigenvalue weighted by Crippen LogP contribution is -2.16. The van der Waals surface area contributed by atoms with Crippen LogP contribution < -0.4 is 10.1 Å². The number of methoxy groups -OCH3 is 1. The standard InChI is InChI=1S/C19H20N4O2S/c1-11-15(23-8-6-7-14(25-5)16(23)21-11)17(24)22-18-12(9-20)13(10-26-18)19(2,3)4/h6-8,10H,1-5H3,(H,22,24). The zero-order valence-corrected chi connectivity index (χ0v) is 16.2. The molecule has 7 heteroatoms. The van der Waals surface area contributed by atoms with Crippen LogP contribution in [0.4, 0.5) is 5.00 Å². The third kappa shape index (κ3) is 2.93. The Kier molecular flexibility index (Phi) is 4.46. The molecular weight excluding hydrogens is 348 g/mol. The van der Waals surface area contributed by atoms with Crippen molar-refractivity contribution in [2.24, 2.45) is 0 Å². The molecule has 0 aliphatic rings. The molecule has 0 radical (unpaired) electrons. The predicted molar refractivity (Wildman–Crippen MR) is 102 cm³/mol. The van der Waals surface area contributed by atoms with Crippen LogP contribution in [0.3, 0.4) is 0 Å². The average Bonchev–Trinajstić information content (AvgIpc) is 3.13. The van der Waals surface area contributed by atoms with Gasteiger partial charge in [0.05, 0.1) is 18.4 Å². The van der Waals surface area contributed by atoms with Crippen LogP contribution in [-0.2, 0) is 5.41 Å². The number of aryl methyl sites for hydroxylation is 1. The SMILES string of the molecule is COc1cccn2c(C(=O)Nc3scc(C(C)(C)C)c3C#N)c(C)nc12. The number of carbonyl (C=O) groups excluding carboxylic acids is 1. The summed E-state index contributed by atoms with van der Waals surface area (Å²) >= 11 is 1.36. The van der Waals surface area contributed by atoms with E-state index in [-0.39, 0.29) is 11.3 Å². The summed E-state index contributed by atoms with van der Waals surface area (Å²) in [5.41, 5.74) is 2.87. The normalized spacial score (nSPS) is 11.4. The Morgan fingerprint density at radius 3 is 2.77 bits per heavy atom. The molecule has 134 valence electrons. The van der Waals surface area contributed by atoms with Crippen molar-refractivity contribution in [3.8, 4) is 11.8 Å². The molecule has 3 heterocycles. The van der Waals surface area contributed by atoms with Gasteiger partial charge in [-0.05, 0) is 35.4 Å². The molecule has 0 saturated heterocycles. The Hall–Kier alpha value is -2.85. The summed E-state index contributed by atoms with van der Waals surface area (Å²) in [4.78, 5) is 17.4. The molecule has 0 aliphatic carbocycles. The topological polar surface area (TPSA) is 79.4 Å². The van der Waals surface area contributed by atoms with E-state index in [1.54, 1.807) is 36.8 Å². The Morgan fingerprint density at radius 1 is 1.42 bits per heavy atom. The van der Waals surface area contributed by atoms with E-state index < -0.39 is 0 Å². The molecular formula is C19H20N4O2S. The van der Waals surface area contributed by atoms with Crippen LogP contribution in [0.15, 0.2) is 23.7 Å². The fraction of sp³-hybridized carbons (Fsp3) is 0.316. The number of rotatable bonds is 3. The summed E-state index contributed by atoms with van der Waals surface area (Å²) < 4.78 is 7.02. The van der Waals surface area contributed by atoms with Crippen LogP contribution >= 0.6 is 11.3 Å².